The molecule has 210 valence electrons. The zero-order chi connectivity index (χ0) is 28.1. The number of fused-ring (bicyclic) bond motifs is 2. The Labute approximate surface area is 238 Å². The smallest absolute Gasteiger partial charge is 0.342 e. The van der Waals surface area contributed by atoms with Gasteiger partial charge in [0.1, 0.15) is 24.6 Å². The van der Waals surface area contributed by atoms with Gasteiger partial charge < -0.3 is 18.3 Å². The Morgan fingerprint density at radius 1 is 0.947 bits per heavy atom. The van der Waals surface area contributed by atoms with Crippen molar-refractivity contribution >= 4 is 45.3 Å². The van der Waals surface area contributed by atoms with Crippen LogP contribution in [0.4, 0.5) is 0 Å². The molecule has 1 aliphatic carbocycles. The van der Waals surface area contributed by atoms with Crippen molar-refractivity contribution in [3.8, 4) is 0 Å². The van der Waals surface area contributed by atoms with E-state index in [1.807, 2.05) is 6.07 Å². The van der Waals surface area contributed by atoms with E-state index in [0.29, 0.717) is 19.4 Å². The van der Waals surface area contributed by atoms with Gasteiger partial charge in [-0.2, -0.15) is 0 Å². The van der Waals surface area contributed by atoms with Crippen molar-refractivity contribution in [2.75, 3.05) is 0 Å². The van der Waals surface area contributed by atoms with E-state index >= 15 is 0 Å². The Bertz CT molecular complexity index is 1160. The minimum absolute atomic E-state index is 0.00539. The Balaban J connectivity index is 1.89. The summed E-state index contributed by atoms with van der Waals surface area (Å²) in [6.45, 7) is 22.6. The molecule has 1 aliphatic heterocycles. The number of ether oxygens (including phenoxy) is 2. The zero-order valence-electron chi connectivity index (χ0n) is 24.6. The Morgan fingerprint density at radius 3 is 2.05 bits per heavy atom. The second-order valence-corrected chi connectivity index (χ2v) is 25.1. The van der Waals surface area contributed by atoms with Gasteiger partial charge in [0.25, 0.3) is 0 Å². The van der Waals surface area contributed by atoms with Crippen molar-refractivity contribution in [3.63, 3.8) is 0 Å². The Kier molecular flexibility index (Phi) is 8.06. The van der Waals surface area contributed by atoms with Crippen molar-refractivity contribution in [2.45, 2.75) is 115 Å². The van der Waals surface area contributed by atoms with E-state index in [2.05, 4.69) is 96.7 Å². The molecule has 0 radical (unpaired) electrons. The molecule has 0 saturated carbocycles. The molecule has 1 fully saturated rings. The second kappa shape index (κ2) is 10.3. The van der Waals surface area contributed by atoms with Crippen LogP contribution in [0, 0.1) is 0 Å². The number of esters is 1. The first-order valence-electron chi connectivity index (χ1n) is 13.5. The minimum Gasteiger partial charge on any atom is -0.489 e. The molecule has 2 bridgehead atoms. The van der Waals surface area contributed by atoms with Gasteiger partial charge in [-0.1, -0.05) is 53.7 Å². The first kappa shape index (κ1) is 29.7. The predicted octanol–water partition coefficient (Wildman–Crippen LogP) is 8.30. The van der Waals surface area contributed by atoms with E-state index < -0.39 is 34.4 Å². The van der Waals surface area contributed by atoms with Gasteiger partial charge >= 0.3 is 5.97 Å². The quantitative estimate of drug-likeness (QED) is 0.217. The fourth-order valence-corrected chi connectivity index (χ4v) is 8.53. The van der Waals surface area contributed by atoms with Crippen LogP contribution in [0.25, 0.3) is 0 Å². The average molecular weight is 593 g/mol. The van der Waals surface area contributed by atoms with Gasteiger partial charge in [-0.25, -0.2) is 4.79 Å². The molecule has 38 heavy (non-hydrogen) atoms. The number of hydrogen-bond donors (Lipinski definition) is 0. The molecule has 0 spiro atoms. The molecule has 9 heteroatoms. The fraction of sp³-hybridized carbons (Fsp3) is 0.621. The van der Waals surface area contributed by atoms with E-state index in [1.54, 1.807) is 22.7 Å². The maximum Gasteiger partial charge on any atom is 0.342 e. The zero-order valence-corrected chi connectivity index (χ0v) is 28.2. The summed E-state index contributed by atoms with van der Waals surface area (Å²) >= 11 is 3.35. The lowest BCUT2D eigenvalue weighted by Gasteiger charge is -2.46. The van der Waals surface area contributed by atoms with E-state index in [-0.39, 0.29) is 16.0 Å². The van der Waals surface area contributed by atoms with E-state index in [0.717, 1.165) is 16.2 Å². The van der Waals surface area contributed by atoms with Gasteiger partial charge in [0.15, 0.2) is 22.2 Å². The predicted molar refractivity (Wildman–Crippen MR) is 162 cm³/mol. The topological polar surface area (TPSA) is 54.0 Å². The summed E-state index contributed by atoms with van der Waals surface area (Å²) in [5.41, 5.74) is -0.279. The maximum atomic E-state index is 14.0. The summed E-state index contributed by atoms with van der Waals surface area (Å²) in [5.74, 6) is 0.440. The summed E-state index contributed by atoms with van der Waals surface area (Å²) in [7, 11) is -4.60. The number of carbonyl (C=O) groups is 1. The minimum atomic E-state index is -2.37. The van der Waals surface area contributed by atoms with Gasteiger partial charge in [-0.15, -0.1) is 22.7 Å². The molecule has 0 aromatic carbocycles. The highest BCUT2D eigenvalue weighted by atomic mass is 32.1. The third kappa shape index (κ3) is 5.65. The lowest BCUT2D eigenvalue weighted by Crippen LogP contribution is -2.56. The molecule has 0 unspecified atom stereocenters. The van der Waals surface area contributed by atoms with Crippen LogP contribution in [0.2, 0.25) is 36.3 Å². The summed E-state index contributed by atoms with van der Waals surface area (Å²) in [6.07, 6.45) is 0.148. The van der Waals surface area contributed by atoms with E-state index in [9.17, 15) is 4.79 Å². The molecule has 4 rings (SSSR count). The molecule has 5 nitrogen and oxygen atoms in total. The van der Waals surface area contributed by atoms with Crippen LogP contribution in [-0.4, -0.2) is 40.4 Å². The van der Waals surface area contributed by atoms with Crippen molar-refractivity contribution in [2.24, 2.45) is 0 Å². The lowest BCUT2D eigenvalue weighted by atomic mass is 9.80. The Hall–Kier alpha value is -1.24. The highest BCUT2D eigenvalue weighted by Crippen LogP contribution is 2.52. The second-order valence-electron chi connectivity index (χ2n) is 13.6. The molecule has 3 heterocycles. The van der Waals surface area contributed by atoms with Crippen LogP contribution < -0.4 is 0 Å². The monoisotopic (exact) mass is 592 g/mol. The highest BCUT2D eigenvalue weighted by Gasteiger charge is 2.64. The first-order valence-corrected chi connectivity index (χ1v) is 21.0. The van der Waals surface area contributed by atoms with Gasteiger partial charge in [0.2, 0.25) is 0 Å². The molecule has 0 N–H and O–H groups in total. The maximum absolute atomic E-state index is 14.0. The molecule has 3 atom stereocenters. The van der Waals surface area contributed by atoms with Crippen molar-refractivity contribution in [3.05, 3.63) is 56.1 Å². The summed E-state index contributed by atoms with van der Waals surface area (Å²) in [5, 5.41) is 4.06. The first-order chi connectivity index (χ1) is 17.5. The molecule has 2 aromatic heterocycles. The van der Waals surface area contributed by atoms with Gasteiger partial charge in [0, 0.05) is 28.2 Å². The third-order valence-corrected chi connectivity index (χ3v) is 19.5. The fourth-order valence-electron chi connectivity index (χ4n) is 4.48. The van der Waals surface area contributed by atoms with Crippen molar-refractivity contribution < 1.29 is 23.1 Å². The van der Waals surface area contributed by atoms with Crippen LogP contribution in [-0.2, 0) is 36.1 Å². The SMILES string of the molecule is CC(C)(C)[Si](C)(C)O[C@@H]1C(OCc2cccs2)=C(Cc2cccs2)[C@]2(O[Si](C)(C)C(C)(C)C)C[C@H]1OC2=O. The number of carbonyl (C=O) groups excluding carboxylic acids is 1. The van der Waals surface area contributed by atoms with Gasteiger partial charge in [-0.05, 0) is 59.2 Å². The number of hydrogen-bond acceptors (Lipinski definition) is 7. The molecular weight excluding hydrogens is 549 g/mol. The van der Waals surface area contributed by atoms with Gasteiger partial charge in [0.05, 0.1) is 0 Å². The summed E-state index contributed by atoms with van der Waals surface area (Å²) < 4.78 is 27.0. The van der Waals surface area contributed by atoms with Crippen LogP contribution in [0.15, 0.2) is 46.4 Å². The average Bonchev–Trinajstić information content (AvgIpc) is 3.52. The van der Waals surface area contributed by atoms with Crippen LogP contribution >= 0.6 is 22.7 Å². The molecule has 2 aliphatic rings. The Morgan fingerprint density at radius 2 is 1.53 bits per heavy atom. The van der Waals surface area contributed by atoms with Gasteiger partial charge in [-0.3, -0.25) is 0 Å². The van der Waals surface area contributed by atoms with Crippen LogP contribution in [0.1, 0.15) is 57.7 Å². The third-order valence-electron chi connectivity index (χ3n) is 8.80. The lowest BCUT2D eigenvalue weighted by molar-refractivity contribution is -0.152. The van der Waals surface area contributed by atoms with E-state index in [1.165, 1.54) is 4.88 Å². The largest absolute Gasteiger partial charge is 0.489 e. The normalized spacial score (nSPS) is 24.6. The van der Waals surface area contributed by atoms with Crippen LogP contribution in [0.3, 0.4) is 0 Å². The number of rotatable bonds is 9. The van der Waals surface area contributed by atoms with Crippen molar-refractivity contribution in [1.29, 1.82) is 0 Å². The van der Waals surface area contributed by atoms with Crippen molar-refractivity contribution in [1.82, 2.24) is 0 Å². The molecule has 2 aromatic rings. The van der Waals surface area contributed by atoms with Crippen LogP contribution in [0.5, 0.6) is 0 Å². The van der Waals surface area contributed by atoms with E-state index in [4.69, 9.17) is 18.3 Å². The highest BCUT2D eigenvalue weighted by molar-refractivity contribution is 7.10. The number of thiophene rings is 2. The summed E-state index contributed by atoms with van der Waals surface area (Å²) in [4.78, 5) is 16.2. The summed E-state index contributed by atoms with van der Waals surface area (Å²) in [6, 6.07) is 8.28. The molecule has 0 amide bonds. The molecular formula is C29H44O5S2Si2. The standard InChI is InChI=1S/C29H44O5S2Si2/c1-27(2,3)37(7,8)33-25-23-18-29(26(30)32-23,34-38(9,10)28(4,5)6)22(17-20-13-11-15-35-20)24(25)31-19-21-14-12-16-36-21/h11-16,23,25H,17-19H2,1-10H3/t23-,25+,29-/m1/s1. The molecule has 1 saturated heterocycles.